The van der Waals surface area contributed by atoms with Crippen LogP contribution < -0.4 is 5.32 Å². The van der Waals surface area contributed by atoms with Gasteiger partial charge in [-0.3, -0.25) is 9.69 Å². The molecule has 1 N–H and O–H groups in total. The van der Waals surface area contributed by atoms with E-state index in [-0.39, 0.29) is 23.8 Å². The number of hydrogen-bond donors (Lipinski definition) is 1. The molecular weight excluding hydrogens is 373 g/mol. The second-order valence-electron chi connectivity index (χ2n) is 7.24. The molecule has 1 aliphatic rings. The highest BCUT2D eigenvalue weighted by Gasteiger charge is 2.29. The van der Waals surface area contributed by atoms with Crippen LogP contribution in [0.5, 0.6) is 0 Å². The largest absolute Gasteiger partial charge is 0.353 e. The highest BCUT2D eigenvalue weighted by atomic mass is 32.1. The first-order valence-electron chi connectivity index (χ1n) is 9.55. The third-order valence-corrected chi connectivity index (χ3v) is 6.31. The molecule has 0 radical (unpaired) electrons. The number of aryl methyl sites for hydroxylation is 1. The van der Waals surface area contributed by atoms with Crippen molar-refractivity contribution in [3.63, 3.8) is 0 Å². The van der Waals surface area contributed by atoms with Crippen LogP contribution in [0.25, 0.3) is 0 Å². The number of benzene rings is 1. The van der Waals surface area contributed by atoms with Crippen molar-refractivity contribution in [1.82, 2.24) is 14.8 Å². The molecule has 4 nitrogen and oxygen atoms in total. The highest BCUT2D eigenvalue weighted by Crippen LogP contribution is 2.32. The van der Waals surface area contributed by atoms with Gasteiger partial charge in [0.15, 0.2) is 0 Å². The third-order valence-electron chi connectivity index (χ3n) is 5.37. The topological polar surface area (TPSA) is 37.3 Å². The minimum absolute atomic E-state index is 0.0103. The molecular formula is C22H24FN3OS. The third kappa shape index (κ3) is 4.03. The molecule has 3 heterocycles. The lowest BCUT2D eigenvalue weighted by Crippen LogP contribution is -2.39. The maximum absolute atomic E-state index is 13.3. The van der Waals surface area contributed by atoms with Gasteiger partial charge in [0.2, 0.25) is 5.91 Å². The number of likely N-dealkylation sites (tertiary alicyclic amines) is 1. The molecule has 1 amide bonds. The van der Waals surface area contributed by atoms with Crippen LogP contribution in [0.3, 0.4) is 0 Å². The van der Waals surface area contributed by atoms with Gasteiger partial charge in [-0.15, -0.1) is 11.3 Å². The van der Waals surface area contributed by atoms with Crippen molar-refractivity contribution in [2.24, 2.45) is 7.05 Å². The molecule has 0 bridgehead atoms. The van der Waals surface area contributed by atoms with E-state index in [0.717, 1.165) is 29.8 Å². The molecule has 2 atom stereocenters. The van der Waals surface area contributed by atoms with E-state index in [1.54, 1.807) is 23.5 Å². The summed E-state index contributed by atoms with van der Waals surface area (Å²) >= 11 is 1.59. The Hall–Kier alpha value is -2.44. The summed E-state index contributed by atoms with van der Waals surface area (Å²) in [6, 6.07) is 14.5. The van der Waals surface area contributed by atoms with E-state index in [2.05, 4.69) is 20.9 Å². The Balaban J connectivity index is 1.49. The molecule has 0 spiro atoms. The van der Waals surface area contributed by atoms with Gasteiger partial charge in [-0.25, -0.2) is 4.39 Å². The monoisotopic (exact) mass is 397 g/mol. The number of halogens is 1. The molecule has 0 unspecified atom stereocenters. The van der Waals surface area contributed by atoms with Crippen LogP contribution >= 0.6 is 11.3 Å². The second-order valence-corrected chi connectivity index (χ2v) is 8.22. The SMILES string of the molecule is Cn1cccc1[C@@H]1CCCN1CC(=O)N[C@H](c1ccc(F)cc1)c1cccs1. The molecule has 1 aromatic carbocycles. The summed E-state index contributed by atoms with van der Waals surface area (Å²) in [6.07, 6.45) is 4.21. The van der Waals surface area contributed by atoms with Crippen LogP contribution in [0.15, 0.2) is 60.1 Å². The average molecular weight is 398 g/mol. The van der Waals surface area contributed by atoms with Gasteiger partial charge >= 0.3 is 0 Å². The summed E-state index contributed by atoms with van der Waals surface area (Å²) < 4.78 is 15.5. The summed E-state index contributed by atoms with van der Waals surface area (Å²) in [5.74, 6) is -0.286. The molecule has 0 aliphatic carbocycles. The fourth-order valence-electron chi connectivity index (χ4n) is 3.99. The number of carbonyl (C=O) groups excluding carboxylic acids is 1. The van der Waals surface area contributed by atoms with Gasteiger partial charge in [-0.05, 0) is 60.7 Å². The minimum atomic E-state index is -0.275. The predicted molar refractivity (Wildman–Crippen MR) is 110 cm³/mol. The molecule has 0 saturated carbocycles. The number of rotatable bonds is 6. The van der Waals surface area contributed by atoms with Crippen LogP contribution in [0.1, 0.15) is 41.1 Å². The van der Waals surface area contributed by atoms with Crippen molar-refractivity contribution in [2.75, 3.05) is 13.1 Å². The first kappa shape index (κ1) is 18.9. The van der Waals surface area contributed by atoms with Crippen LogP contribution in [-0.2, 0) is 11.8 Å². The van der Waals surface area contributed by atoms with Crippen molar-refractivity contribution in [3.8, 4) is 0 Å². The summed E-state index contributed by atoms with van der Waals surface area (Å²) in [6.45, 7) is 1.28. The van der Waals surface area contributed by atoms with Crippen molar-refractivity contribution >= 4 is 17.2 Å². The smallest absolute Gasteiger partial charge is 0.234 e. The number of hydrogen-bond acceptors (Lipinski definition) is 3. The zero-order valence-electron chi connectivity index (χ0n) is 15.8. The first-order chi connectivity index (χ1) is 13.6. The maximum Gasteiger partial charge on any atom is 0.234 e. The Morgan fingerprint density at radius 3 is 2.75 bits per heavy atom. The van der Waals surface area contributed by atoms with E-state index in [4.69, 9.17) is 0 Å². The lowest BCUT2D eigenvalue weighted by molar-refractivity contribution is -0.123. The number of nitrogens with zero attached hydrogens (tertiary/aromatic N) is 2. The van der Waals surface area contributed by atoms with Gasteiger partial charge in [0.1, 0.15) is 5.82 Å². The van der Waals surface area contributed by atoms with Crippen molar-refractivity contribution < 1.29 is 9.18 Å². The number of aromatic nitrogens is 1. The van der Waals surface area contributed by atoms with Gasteiger partial charge in [-0.2, -0.15) is 0 Å². The zero-order valence-corrected chi connectivity index (χ0v) is 16.7. The molecule has 6 heteroatoms. The Morgan fingerprint density at radius 2 is 2.07 bits per heavy atom. The van der Waals surface area contributed by atoms with Gasteiger partial charge in [0.05, 0.1) is 18.6 Å². The van der Waals surface area contributed by atoms with Gasteiger partial charge in [0, 0.05) is 23.8 Å². The van der Waals surface area contributed by atoms with Crippen LogP contribution in [-0.4, -0.2) is 28.5 Å². The van der Waals surface area contributed by atoms with Crippen LogP contribution in [0, 0.1) is 5.82 Å². The van der Waals surface area contributed by atoms with Crippen molar-refractivity contribution in [3.05, 3.63) is 82.1 Å². The normalized spacial score (nSPS) is 18.3. The highest BCUT2D eigenvalue weighted by molar-refractivity contribution is 7.10. The first-order valence-corrected chi connectivity index (χ1v) is 10.4. The van der Waals surface area contributed by atoms with Crippen LogP contribution in [0.4, 0.5) is 4.39 Å². The lowest BCUT2D eigenvalue weighted by atomic mass is 10.1. The number of amides is 1. The number of nitrogens with one attached hydrogen (secondary N) is 1. The van der Waals surface area contributed by atoms with Crippen LogP contribution in [0.2, 0.25) is 0 Å². The summed E-state index contributed by atoms with van der Waals surface area (Å²) in [7, 11) is 2.05. The summed E-state index contributed by atoms with van der Waals surface area (Å²) in [5, 5.41) is 5.15. The van der Waals surface area contributed by atoms with Crippen molar-refractivity contribution in [1.29, 1.82) is 0 Å². The van der Waals surface area contributed by atoms with E-state index >= 15 is 0 Å². The summed E-state index contributed by atoms with van der Waals surface area (Å²) in [5.41, 5.74) is 2.14. The molecule has 146 valence electrons. The number of carbonyl (C=O) groups is 1. The molecule has 3 aromatic rings. The standard InChI is InChI=1S/C22H24FN3OS/c1-25-12-2-5-18(25)19-6-3-13-26(19)15-21(27)24-22(20-7-4-14-28-20)16-8-10-17(23)11-9-16/h2,4-5,7-12,14,19,22H,3,6,13,15H2,1H3,(H,24,27)/t19-,22+/m0/s1. The maximum atomic E-state index is 13.3. The Morgan fingerprint density at radius 1 is 1.25 bits per heavy atom. The molecule has 2 aromatic heterocycles. The Bertz CT molecular complexity index is 920. The molecule has 1 aliphatic heterocycles. The van der Waals surface area contributed by atoms with Gasteiger partial charge < -0.3 is 9.88 Å². The Kier molecular flexibility index (Phi) is 5.59. The molecule has 1 fully saturated rings. The van der Waals surface area contributed by atoms with E-state index in [0.29, 0.717) is 6.54 Å². The van der Waals surface area contributed by atoms with E-state index in [9.17, 15) is 9.18 Å². The van der Waals surface area contributed by atoms with Gasteiger partial charge in [-0.1, -0.05) is 18.2 Å². The van der Waals surface area contributed by atoms with Crippen molar-refractivity contribution in [2.45, 2.75) is 24.9 Å². The fourth-order valence-corrected chi connectivity index (χ4v) is 4.79. The number of thiophene rings is 1. The predicted octanol–water partition coefficient (Wildman–Crippen LogP) is 4.27. The average Bonchev–Trinajstić information content (AvgIpc) is 3.42. The Labute approximate surface area is 168 Å². The minimum Gasteiger partial charge on any atom is -0.353 e. The van der Waals surface area contributed by atoms with E-state index < -0.39 is 0 Å². The fraction of sp³-hybridized carbons (Fsp3) is 0.318. The molecule has 28 heavy (non-hydrogen) atoms. The van der Waals surface area contributed by atoms with E-state index in [1.807, 2.05) is 36.8 Å². The zero-order chi connectivity index (χ0) is 19.5. The molecule has 4 rings (SSSR count). The van der Waals surface area contributed by atoms with E-state index in [1.165, 1.54) is 17.8 Å². The lowest BCUT2D eigenvalue weighted by Gasteiger charge is -2.26. The quantitative estimate of drug-likeness (QED) is 0.675. The van der Waals surface area contributed by atoms with Gasteiger partial charge in [0.25, 0.3) is 0 Å². The molecule has 1 saturated heterocycles. The summed E-state index contributed by atoms with van der Waals surface area (Å²) in [4.78, 5) is 16.2. The second kappa shape index (κ2) is 8.29.